The van der Waals surface area contributed by atoms with Crippen molar-refractivity contribution in [3.8, 4) is 10.7 Å². The molecule has 0 saturated carbocycles. The average molecular weight is 570 g/mol. The summed E-state index contributed by atoms with van der Waals surface area (Å²) in [4.78, 5) is 18.3. The molecule has 0 spiro atoms. The number of hydrogen-bond acceptors (Lipinski definition) is 6. The molecule has 0 N–H and O–H groups in total. The van der Waals surface area contributed by atoms with Crippen molar-refractivity contribution in [1.29, 1.82) is 0 Å². The van der Waals surface area contributed by atoms with Crippen molar-refractivity contribution in [2.24, 2.45) is 0 Å². The number of carbonyl (C=O) groups is 1. The van der Waals surface area contributed by atoms with Gasteiger partial charge < -0.3 is 9.80 Å². The molecule has 40 heavy (non-hydrogen) atoms. The summed E-state index contributed by atoms with van der Waals surface area (Å²) in [7, 11) is 0. The molecule has 1 saturated heterocycles. The van der Waals surface area contributed by atoms with Crippen LogP contribution in [0.15, 0.2) is 102 Å². The number of rotatable bonds is 8. The summed E-state index contributed by atoms with van der Waals surface area (Å²) in [6, 6.07) is 29.0. The highest BCUT2D eigenvalue weighted by molar-refractivity contribution is 7.98. The second-order valence-electron chi connectivity index (χ2n) is 9.57. The second-order valence-corrected chi connectivity index (χ2v) is 11.5. The molecule has 1 fully saturated rings. The minimum Gasteiger partial charge on any atom is -0.366 e. The van der Waals surface area contributed by atoms with E-state index in [4.69, 9.17) is 0 Å². The van der Waals surface area contributed by atoms with Crippen LogP contribution in [0.5, 0.6) is 0 Å². The van der Waals surface area contributed by atoms with Crippen molar-refractivity contribution in [1.82, 2.24) is 19.7 Å². The molecule has 202 valence electrons. The fraction of sp³-hybridized carbons (Fsp3) is 0.194. The van der Waals surface area contributed by atoms with Crippen LogP contribution in [0.3, 0.4) is 0 Å². The number of piperazine rings is 1. The summed E-state index contributed by atoms with van der Waals surface area (Å²) in [6.45, 7) is 3.00. The lowest BCUT2D eigenvalue weighted by molar-refractivity contribution is 0.0746. The number of halogens is 1. The van der Waals surface area contributed by atoms with Crippen molar-refractivity contribution in [3.63, 3.8) is 0 Å². The predicted octanol–water partition coefficient (Wildman–Crippen LogP) is 6.45. The molecular formula is C31H28FN5OS2. The third-order valence-electron chi connectivity index (χ3n) is 6.94. The molecule has 1 aliphatic heterocycles. The van der Waals surface area contributed by atoms with Gasteiger partial charge in [0, 0.05) is 37.5 Å². The molecule has 0 atom stereocenters. The number of aromatic nitrogens is 3. The van der Waals surface area contributed by atoms with Gasteiger partial charge in [0.05, 0.1) is 17.1 Å². The van der Waals surface area contributed by atoms with E-state index in [1.165, 1.54) is 11.6 Å². The number of hydrogen-bond donors (Lipinski definition) is 0. The maximum absolute atomic E-state index is 14.2. The molecule has 3 aromatic carbocycles. The minimum absolute atomic E-state index is 0.00672. The summed E-state index contributed by atoms with van der Waals surface area (Å²) in [5, 5.41) is 11.9. The fourth-order valence-corrected chi connectivity index (χ4v) is 6.47. The van der Waals surface area contributed by atoms with Gasteiger partial charge in [-0.05, 0) is 46.8 Å². The number of thioether (sulfide) groups is 1. The van der Waals surface area contributed by atoms with E-state index in [-0.39, 0.29) is 11.7 Å². The van der Waals surface area contributed by atoms with Crippen LogP contribution in [0.4, 0.5) is 10.1 Å². The Morgan fingerprint density at radius 2 is 1.62 bits per heavy atom. The Morgan fingerprint density at radius 1 is 0.850 bits per heavy atom. The van der Waals surface area contributed by atoms with Crippen molar-refractivity contribution in [2.75, 3.05) is 31.1 Å². The van der Waals surface area contributed by atoms with Gasteiger partial charge in [-0.2, -0.15) is 0 Å². The molecule has 3 heterocycles. The van der Waals surface area contributed by atoms with Crippen molar-refractivity contribution >= 4 is 34.7 Å². The smallest absolute Gasteiger partial charge is 0.253 e. The Balaban J connectivity index is 1.13. The molecule has 5 aromatic rings. The monoisotopic (exact) mass is 569 g/mol. The molecule has 6 nitrogen and oxygen atoms in total. The van der Waals surface area contributed by atoms with E-state index in [9.17, 15) is 9.18 Å². The average Bonchev–Trinajstić information content (AvgIpc) is 3.67. The Labute approximate surface area is 241 Å². The van der Waals surface area contributed by atoms with E-state index in [1.54, 1.807) is 35.2 Å². The Kier molecular flexibility index (Phi) is 7.92. The van der Waals surface area contributed by atoms with Gasteiger partial charge in [-0.3, -0.25) is 9.36 Å². The zero-order chi connectivity index (χ0) is 27.3. The molecule has 0 unspecified atom stereocenters. The number of thiophene rings is 1. The summed E-state index contributed by atoms with van der Waals surface area (Å²) in [5.41, 5.74) is 3.50. The van der Waals surface area contributed by atoms with E-state index in [2.05, 4.69) is 33.0 Å². The van der Waals surface area contributed by atoms with Crippen LogP contribution in [-0.2, 0) is 12.3 Å². The first-order valence-corrected chi connectivity index (χ1v) is 15.0. The topological polar surface area (TPSA) is 54.3 Å². The van der Waals surface area contributed by atoms with Gasteiger partial charge >= 0.3 is 0 Å². The first kappa shape index (κ1) is 26.3. The summed E-state index contributed by atoms with van der Waals surface area (Å²) in [6.07, 6.45) is 0. The number of nitrogens with zero attached hydrogens (tertiary/aromatic N) is 5. The van der Waals surface area contributed by atoms with Crippen LogP contribution in [0.25, 0.3) is 10.7 Å². The number of anilines is 1. The van der Waals surface area contributed by atoms with Crippen LogP contribution in [-0.4, -0.2) is 51.8 Å². The SMILES string of the molecule is O=C(c1cccc(CSc2nnc(-c3cccs3)n2Cc2ccccc2)c1)N1CCN(c2ccccc2F)CC1. The third-order valence-corrected chi connectivity index (χ3v) is 8.85. The number of carbonyl (C=O) groups excluding carboxylic acids is 1. The lowest BCUT2D eigenvalue weighted by Gasteiger charge is -2.36. The highest BCUT2D eigenvalue weighted by Crippen LogP contribution is 2.30. The summed E-state index contributed by atoms with van der Waals surface area (Å²) < 4.78 is 16.4. The van der Waals surface area contributed by atoms with Crippen molar-refractivity contribution in [2.45, 2.75) is 17.5 Å². The Hall–Kier alpha value is -3.95. The van der Waals surface area contributed by atoms with Crippen LogP contribution in [0.1, 0.15) is 21.5 Å². The largest absolute Gasteiger partial charge is 0.366 e. The van der Waals surface area contributed by atoms with Crippen LogP contribution >= 0.6 is 23.1 Å². The van der Waals surface area contributed by atoms with E-state index < -0.39 is 0 Å². The molecular weight excluding hydrogens is 542 g/mol. The van der Waals surface area contributed by atoms with E-state index in [0.29, 0.717) is 49.7 Å². The van der Waals surface area contributed by atoms with E-state index in [1.807, 2.05) is 69.8 Å². The summed E-state index contributed by atoms with van der Waals surface area (Å²) >= 11 is 3.27. The quantitative estimate of drug-likeness (QED) is 0.201. The predicted molar refractivity (Wildman–Crippen MR) is 159 cm³/mol. The highest BCUT2D eigenvalue weighted by Gasteiger charge is 2.24. The molecule has 9 heteroatoms. The van der Waals surface area contributed by atoms with Crippen LogP contribution < -0.4 is 4.90 Å². The van der Waals surface area contributed by atoms with Gasteiger partial charge in [-0.15, -0.1) is 21.5 Å². The minimum atomic E-state index is -0.227. The van der Waals surface area contributed by atoms with Crippen molar-refractivity contribution in [3.05, 3.63) is 119 Å². The molecule has 6 rings (SSSR count). The van der Waals surface area contributed by atoms with Crippen molar-refractivity contribution < 1.29 is 9.18 Å². The molecule has 2 aromatic heterocycles. The Morgan fingerprint density at radius 3 is 2.40 bits per heavy atom. The van der Waals surface area contributed by atoms with Gasteiger partial charge in [0.1, 0.15) is 5.82 Å². The molecule has 0 bridgehead atoms. The van der Waals surface area contributed by atoms with Gasteiger partial charge in [0.25, 0.3) is 5.91 Å². The zero-order valence-electron chi connectivity index (χ0n) is 21.8. The first-order chi connectivity index (χ1) is 19.7. The molecule has 1 aliphatic rings. The summed E-state index contributed by atoms with van der Waals surface area (Å²) in [5.74, 6) is 1.31. The van der Waals surface area contributed by atoms with Gasteiger partial charge in [-0.1, -0.05) is 72.4 Å². The highest BCUT2D eigenvalue weighted by atomic mass is 32.2. The lowest BCUT2D eigenvalue weighted by Crippen LogP contribution is -2.49. The number of amides is 1. The van der Waals surface area contributed by atoms with E-state index >= 15 is 0 Å². The van der Waals surface area contributed by atoms with Crippen LogP contribution in [0, 0.1) is 5.82 Å². The maximum atomic E-state index is 14.2. The fourth-order valence-electron chi connectivity index (χ4n) is 4.88. The van der Waals surface area contributed by atoms with E-state index in [0.717, 1.165) is 21.4 Å². The molecule has 0 radical (unpaired) electrons. The zero-order valence-corrected chi connectivity index (χ0v) is 23.5. The normalized spacial score (nSPS) is 13.5. The van der Waals surface area contributed by atoms with Crippen LogP contribution in [0.2, 0.25) is 0 Å². The standard InChI is InChI=1S/C31H28FN5OS2/c32-26-12-4-5-13-27(26)35-15-17-36(18-16-35)30(38)25-11-6-10-24(20-25)22-40-31-34-33-29(28-14-7-19-39-28)37(31)21-23-8-2-1-3-9-23/h1-14,19-20H,15-18,21-22H2. The molecule has 0 aliphatic carbocycles. The first-order valence-electron chi connectivity index (χ1n) is 13.2. The van der Waals surface area contributed by atoms with Gasteiger partial charge in [0.15, 0.2) is 11.0 Å². The van der Waals surface area contributed by atoms with Gasteiger partial charge in [-0.25, -0.2) is 4.39 Å². The third kappa shape index (κ3) is 5.80. The number of benzene rings is 3. The maximum Gasteiger partial charge on any atom is 0.253 e. The van der Waals surface area contributed by atoms with Gasteiger partial charge in [0.2, 0.25) is 0 Å². The lowest BCUT2D eigenvalue weighted by atomic mass is 10.1. The Bertz CT molecular complexity index is 1580. The number of para-hydroxylation sites is 1. The molecule has 1 amide bonds. The second kappa shape index (κ2) is 12.1.